The van der Waals surface area contributed by atoms with Gasteiger partial charge in [-0.25, -0.2) is 12.8 Å². The fourth-order valence-electron chi connectivity index (χ4n) is 10.5. The number of nitrogens with zero attached hydrogens (tertiary/aromatic N) is 3. The smallest absolute Gasteiger partial charge is 0.264 e. The van der Waals surface area contributed by atoms with Gasteiger partial charge < -0.3 is 24.6 Å². The summed E-state index contributed by atoms with van der Waals surface area (Å²) >= 11 is 0. The van der Waals surface area contributed by atoms with Gasteiger partial charge in [-0.3, -0.25) is 39.0 Å². The van der Waals surface area contributed by atoms with Crippen molar-refractivity contribution < 1.29 is 51.0 Å². The third-order valence-corrected chi connectivity index (χ3v) is 14.8. The van der Waals surface area contributed by atoms with E-state index < -0.39 is 57.1 Å². The van der Waals surface area contributed by atoms with Gasteiger partial charge in [0.1, 0.15) is 21.7 Å². The van der Waals surface area contributed by atoms with E-state index in [1.165, 1.54) is 44.3 Å². The number of ether oxygens (including phenoxy) is 2. The van der Waals surface area contributed by atoms with Gasteiger partial charge in [0.25, 0.3) is 17.7 Å². The summed E-state index contributed by atoms with van der Waals surface area (Å²) in [5.41, 5.74) is 3.63. The molecule has 0 saturated carbocycles. The molecule has 6 amide bonds. The lowest BCUT2D eigenvalue weighted by molar-refractivity contribution is -0.137. The number of carbonyl (C=O) groups excluding carboxylic acids is 6. The van der Waals surface area contributed by atoms with Crippen LogP contribution in [-0.4, -0.2) is 110 Å². The highest BCUT2D eigenvalue weighted by Gasteiger charge is 2.44. The molecule has 2 atom stereocenters. The van der Waals surface area contributed by atoms with Crippen molar-refractivity contribution in [3.8, 4) is 11.5 Å². The third-order valence-electron chi connectivity index (χ3n) is 13.9. The molecule has 372 valence electrons. The Labute approximate surface area is 404 Å². The minimum Gasteiger partial charge on any atom is -0.493 e. The minimum atomic E-state index is -3.69. The molecule has 4 aliphatic rings. The van der Waals surface area contributed by atoms with Gasteiger partial charge in [0.15, 0.2) is 11.5 Å². The number of methoxy groups -OCH3 is 1. The van der Waals surface area contributed by atoms with Gasteiger partial charge in [-0.2, -0.15) is 0 Å². The van der Waals surface area contributed by atoms with Crippen LogP contribution in [0.2, 0.25) is 0 Å². The summed E-state index contributed by atoms with van der Waals surface area (Å²) in [6.07, 6.45) is 14.9. The number of unbranched alkanes of at least 4 members (excludes halogenated alkanes) is 9. The van der Waals surface area contributed by atoms with Crippen LogP contribution < -0.4 is 20.1 Å². The topological polar surface area (TPSA) is 189 Å². The number of carbonyl (C=O) groups is 6. The Morgan fingerprint density at radius 2 is 1.52 bits per heavy atom. The molecule has 0 aromatic heterocycles. The fraction of sp³-hybridized carbons (Fsp3) is 0.538. The first kappa shape index (κ1) is 51.2. The van der Waals surface area contributed by atoms with Gasteiger partial charge in [0.05, 0.1) is 42.3 Å². The first-order valence-electron chi connectivity index (χ1n) is 24.6. The van der Waals surface area contributed by atoms with Gasteiger partial charge >= 0.3 is 0 Å². The van der Waals surface area contributed by atoms with E-state index in [9.17, 15) is 41.6 Å². The number of halogens is 1. The first-order valence-corrected chi connectivity index (χ1v) is 26.6. The molecular weight excluding hydrogens is 906 g/mol. The van der Waals surface area contributed by atoms with Crippen LogP contribution in [0.4, 0.5) is 10.1 Å². The number of hydrogen-bond acceptors (Lipinski definition) is 11. The molecular formula is C52H66FN5O10S. The number of piperidine rings is 2. The van der Waals surface area contributed by atoms with Crippen LogP contribution in [0.25, 0.3) is 0 Å². The molecule has 3 aromatic carbocycles. The van der Waals surface area contributed by atoms with Crippen LogP contribution in [0.1, 0.15) is 169 Å². The van der Waals surface area contributed by atoms with E-state index in [-0.39, 0.29) is 53.9 Å². The molecule has 0 aliphatic carbocycles. The maximum absolute atomic E-state index is 14.8. The van der Waals surface area contributed by atoms with Gasteiger partial charge in [-0.1, -0.05) is 57.4 Å². The summed E-state index contributed by atoms with van der Waals surface area (Å²) in [6, 6.07) is 9.24. The summed E-state index contributed by atoms with van der Waals surface area (Å²) in [4.78, 5) is 83.0. The summed E-state index contributed by atoms with van der Waals surface area (Å²) in [6.45, 7) is 6.55. The molecule has 7 rings (SSSR count). The Hall–Kier alpha value is -5.68. The van der Waals surface area contributed by atoms with Crippen molar-refractivity contribution in [1.29, 1.82) is 0 Å². The van der Waals surface area contributed by atoms with Crippen LogP contribution in [0, 0.1) is 5.82 Å². The highest BCUT2D eigenvalue weighted by atomic mass is 32.2. The molecule has 0 bridgehead atoms. The molecule has 2 N–H and O–H groups in total. The summed E-state index contributed by atoms with van der Waals surface area (Å²) in [7, 11) is -2.20. The molecule has 0 radical (unpaired) electrons. The Morgan fingerprint density at radius 1 is 0.841 bits per heavy atom. The molecule has 4 heterocycles. The lowest BCUT2D eigenvalue weighted by atomic mass is 9.85. The summed E-state index contributed by atoms with van der Waals surface area (Å²) in [5.74, 6) is -2.88. The molecule has 2 saturated heterocycles. The Balaban J connectivity index is 0.815. The zero-order chi connectivity index (χ0) is 49.4. The zero-order valence-corrected chi connectivity index (χ0v) is 41.1. The normalized spacial score (nSPS) is 18.1. The second kappa shape index (κ2) is 22.8. The quantitative estimate of drug-likeness (QED) is 0.0702. The van der Waals surface area contributed by atoms with Crippen molar-refractivity contribution in [2.75, 3.05) is 50.7 Å². The minimum absolute atomic E-state index is 0.0466. The lowest BCUT2D eigenvalue weighted by Crippen LogP contribution is -2.52. The van der Waals surface area contributed by atoms with E-state index in [0.717, 1.165) is 105 Å². The van der Waals surface area contributed by atoms with Crippen LogP contribution in [0.5, 0.6) is 11.5 Å². The molecule has 2 unspecified atom stereocenters. The van der Waals surface area contributed by atoms with E-state index in [1.54, 1.807) is 43.3 Å². The second-order valence-corrected chi connectivity index (χ2v) is 21.2. The van der Waals surface area contributed by atoms with Gasteiger partial charge in [0.2, 0.25) is 17.7 Å². The van der Waals surface area contributed by atoms with E-state index in [2.05, 4.69) is 15.5 Å². The van der Waals surface area contributed by atoms with E-state index >= 15 is 0 Å². The van der Waals surface area contributed by atoms with Gasteiger partial charge in [-0.05, 0) is 130 Å². The van der Waals surface area contributed by atoms with Crippen LogP contribution >= 0.6 is 0 Å². The molecule has 4 aliphatic heterocycles. The zero-order valence-electron chi connectivity index (χ0n) is 40.3. The largest absolute Gasteiger partial charge is 0.493 e. The van der Waals surface area contributed by atoms with Crippen molar-refractivity contribution in [2.24, 2.45) is 0 Å². The predicted molar refractivity (Wildman–Crippen MR) is 259 cm³/mol. The number of rotatable bonds is 23. The Kier molecular flexibility index (Phi) is 16.9. The molecule has 2 fully saturated rings. The number of sulfone groups is 1. The van der Waals surface area contributed by atoms with E-state index in [0.29, 0.717) is 35.7 Å². The van der Waals surface area contributed by atoms with Crippen molar-refractivity contribution in [3.05, 3.63) is 87.2 Å². The summed E-state index contributed by atoms with van der Waals surface area (Å²) < 4.78 is 51.4. The van der Waals surface area contributed by atoms with Gasteiger partial charge in [-0.15, -0.1) is 0 Å². The second-order valence-electron chi connectivity index (χ2n) is 19.0. The van der Waals surface area contributed by atoms with E-state index in [1.807, 2.05) is 0 Å². The van der Waals surface area contributed by atoms with Crippen molar-refractivity contribution in [3.63, 3.8) is 0 Å². The number of benzene rings is 3. The Morgan fingerprint density at radius 3 is 2.16 bits per heavy atom. The predicted octanol–water partition coefficient (Wildman–Crippen LogP) is 7.66. The van der Waals surface area contributed by atoms with Crippen molar-refractivity contribution >= 4 is 51.0 Å². The van der Waals surface area contributed by atoms with Crippen molar-refractivity contribution in [2.45, 2.75) is 135 Å². The standard InChI is InChI=1S/C52H66FN5O10S/c1-5-68-46-28-36(17-19-45(46)67-3)44(32-69(4,65)66)58-51(63)40-26-34(27-42(54-33(2)59)48(40)52(58)64)16-14-12-10-8-6-7-9-11-13-15-23-56-24-21-35(22-25-56)38-29-37(53)30-39-41(38)31-57(50(39)62)43-18-20-47(60)55-49(43)61/h17,19,26-30,35,43-44H,5-16,18,20-25,31-32H2,1-4H3,(H,54,59)(H,55,60,61). The maximum Gasteiger partial charge on any atom is 0.264 e. The van der Waals surface area contributed by atoms with Gasteiger partial charge in [0, 0.05) is 31.7 Å². The number of hydrogen-bond donors (Lipinski definition) is 2. The highest BCUT2D eigenvalue weighted by molar-refractivity contribution is 7.90. The Bertz CT molecular complexity index is 2560. The fourth-order valence-corrected chi connectivity index (χ4v) is 11.4. The van der Waals surface area contributed by atoms with Crippen LogP contribution in [0.3, 0.4) is 0 Å². The molecule has 69 heavy (non-hydrogen) atoms. The number of anilines is 1. The first-order chi connectivity index (χ1) is 33.1. The van der Waals surface area contributed by atoms with E-state index in [4.69, 9.17) is 9.47 Å². The number of likely N-dealkylation sites (tertiary alicyclic amines) is 1. The molecule has 17 heteroatoms. The number of aryl methyl sites for hydroxylation is 1. The average molecular weight is 972 g/mol. The molecule has 0 spiro atoms. The third kappa shape index (κ3) is 12.4. The number of imide groups is 2. The lowest BCUT2D eigenvalue weighted by Gasteiger charge is -2.33. The van der Waals surface area contributed by atoms with Crippen LogP contribution in [-0.2, 0) is 37.2 Å². The SMILES string of the molecule is CCOc1cc(C(CS(C)(=O)=O)N2C(=O)c3cc(CCCCCCCCCCCCN4CCC(c5cc(F)cc6c5CN(C5CCC(=O)NC5=O)C6=O)CC4)cc(NC(C)=O)c3C2=O)ccc1OC. The molecule has 15 nitrogen and oxygen atoms in total. The monoisotopic (exact) mass is 971 g/mol. The molecule has 3 aromatic rings. The van der Waals surface area contributed by atoms with Crippen LogP contribution in [0.15, 0.2) is 42.5 Å². The average Bonchev–Trinajstić information content (AvgIpc) is 3.76. The summed E-state index contributed by atoms with van der Waals surface area (Å²) in [5, 5.41) is 5.07. The maximum atomic E-state index is 14.8. The highest BCUT2D eigenvalue weighted by Crippen LogP contribution is 2.41. The van der Waals surface area contributed by atoms with Crippen molar-refractivity contribution in [1.82, 2.24) is 20.0 Å². The number of amides is 6. The number of nitrogens with one attached hydrogen (secondary N) is 2. The number of fused-ring (bicyclic) bond motifs is 2.